The number of anilines is 1. The largest absolute Gasteiger partial charge is 0.465 e. The molecule has 7 heteroatoms. The molecule has 0 radical (unpaired) electrons. The van der Waals surface area contributed by atoms with E-state index in [9.17, 15) is 9.90 Å². The van der Waals surface area contributed by atoms with Gasteiger partial charge in [0.25, 0.3) is 0 Å². The lowest BCUT2D eigenvalue weighted by Crippen LogP contribution is -2.65. The maximum Gasteiger partial charge on any atom is 0.413 e. The molecule has 2 aromatic rings. The number of hydrogen-bond acceptors (Lipinski definition) is 4. The summed E-state index contributed by atoms with van der Waals surface area (Å²) in [6, 6.07) is 10.1. The quantitative estimate of drug-likeness (QED) is 0.857. The predicted molar refractivity (Wildman–Crippen MR) is 105 cm³/mol. The molecule has 1 aromatic heterocycles. The summed E-state index contributed by atoms with van der Waals surface area (Å²) >= 11 is 1.52. The molecule has 3 aliphatic heterocycles. The van der Waals surface area contributed by atoms with Crippen molar-refractivity contribution in [3.05, 3.63) is 35.8 Å². The SMILES string of the molecule is Cl.O=C(O)N(c1ncsc1-c1ccccc1)C1C2CC3CC1CN(C3)C2. The minimum Gasteiger partial charge on any atom is -0.465 e. The van der Waals surface area contributed by atoms with Crippen molar-refractivity contribution >= 4 is 35.7 Å². The summed E-state index contributed by atoms with van der Waals surface area (Å²) in [7, 11) is 0. The molecule has 1 N–H and O–H groups in total. The van der Waals surface area contributed by atoms with Crippen molar-refractivity contribution in [1.29, 1.82) is 0 Å². The molecule has 6 rings (SSSR count). The average Bonchev–Trinajstić information content (AvgIpc) is 3.07. The van der Waals surface area contributed by atoms with Gasteiger partial charge in [0.1, 0.15) is 0 Å². The van der Waals surface area contributed by atoms with Crippen molar-refractivity contribution in [1.82, 2.24) is 9.88 Å². The molecular formula is C19H22ClN3O2S. The fourth-order valence-corrected chi connectivity index (χ4v) is 6.15. The number of amides is 1. The van der Waals surface area contributed by atoms with Crippen molar-refractivity contribution in [3.8, 4) is 10.4 Å². The summed E-state index contributed by atoms with van der Waals surface area (Å²) in [4.78, 5) is 21.9. The van der Waals surface area contributed by atoms with Crippen LogP contribution in [0.15, 0.2) is 35.8 Å². The number of halogens is 1. The lowest BCUT2D eigenvalue weighted by molar-refractivity contribution is -0.0343. The highest BCUT2D eigenvalue weighted by Gasteiger charge is 2.51. The fraction of sp³-hybridized carbons (Fsp3) is 0.474. The van der Waals surface area contributed by atoms with Crippen LogP contribution in [0.25, 0.3) is 10.4 Å². The summed E-state index contributed by atoms with van der Waals surface area (Å²) in [5.41, 5.74) is 2.81. The van der Waals surface area contributed by atoms with Gasteiger partial charge in [-0.15, -0.1) is 23.7 Å². The predicted octanol–water partition coefficient (Wildman–Crippen LogP) is 4.06. The molecule has 1 amide bonds. The number of hydrogen-bond donors (Lipinski definition) is 1. The van der Waals surface area contributed by atoms with E-state index in [1.54, 1.807) is 10.4 Å². The van der Waals surface area contributed by atoms with Crippen molar-refractivity contribution in [2.24, 2.45) is 17.8 Å². The van der Waals surface area contributed by atoms with E-state index in [-0.39, 0.29) is 18.4 Å². The summed E-state index contributed by atoms with van der Waals surface area (Å²) in [5.74, 6) is 2.25. The van der Waals surface area contributed by atoms with Crippen LogP contribution in [0.2, 0.25) is 0 Å². The van der Waals surface area contributed by atoms with Gasteiger partial charge in [0.2, 0.25) is 0 Å². The van der Waals surface area contributed by atoms with Gasteiger partial charge >= 0.3 is 6.09 Å². The van der Waals surface area contributed by atoms with E-state index in [1.165, 1.54) is 17.9 Å². The first kappa shape index (κ1) is 17.8. The minimum atomic E-state index is -0.865. The number of benzene rings is 1. The number of piperidine rings is 3. The van der Waals surface area contributed by atoms with Crippen molar-refractivity contribution < 1.29 is 9.90 Å². The number of nitrogens with zero attached hydrogens (tertiary/aromatic N) is 3. The zero-order chi connectivity index (χ0) is 17.0. The zero-order valence-corrected chi connectivity index (χ0v) is 16.0. The van der Waals surface area contributed by atoms with E-state index in [4.69, 9.17) is 0 Å². The Morgan fingerprint density at radius 3 is 2.46 bits per heavy atom. The number of carboxylic acid groups (broad SMARTS) is 1. The molecule has 1 aliphatic carbocycles. The van der Waals surface area contributed by atoms with Crippen LogP contribution in [0.4, 0.5) is 10.6 Å². The minimum absolute atomic E-state index is 0. The van der Waals surface area contributed by atoms with Crippen LogP contribution in [-0.2, 0) is 0 Å². The van der Waals surface area contributed by atoms with Crippen molar-refractivity contribution in [2.75, 3.05) is 24.5 Å². The molecule has 4 bridgehead atoms. The van der Waals surface area contributed by atoms with Crippen LogP contribution in [0.5, 0.6) is 0 Å². The third-order valence-corrected chi connectivity index (χ3v) is 6.92. The van der Waals surface area contributed by atoms with Gasteiger partial charge in [0, 0.05) is 25.7 Å². The Kier molecular flexibility index (Phi) is 4.67. The Balaban J connectivity index is 0.00000168. The number of thiazole rings is 1. The molecular weight excluding hydrogens is 370 g/mol. The first-order valence-electron chi connectivity index (χ1n) is 8.94. The average molecular weight is 392 g/mol. The van der Waals surface area contributed by atoms with E-state index in [2.05, 4.69) is 9.88 Å². The van der Waals surface area contributed by atoms with Gasteiger partial charge < -0.3 is 10.0 Å². The van der Waals surface area contributed by atoms with Gasteiger partial charge in [-0.1, -0.05) is 30.3 Å². The lowest BCUT2D eigenvalue weighted by atomic mass is 9.64. The van der Waals surface area contributed by atoms with Gasteiger partial charge in [-0.3, -0.25) is 4.90 Å². The molecule has 0 spiro atoms. The molecule has 1 saturated carbocycles. The van der Waals surface area contributed by atoms with Crippen molar-refractivity contribution in [3.63, 3.8) is 0 Å². The Morgan fingerprint density at radius 2 is 1.85 bits per heavy atom. The Hall–Kier alpha value is -1.63. The van der Waals surface area contributed by atoms with E-state index >= 15 is 0 Å². The van der Waals surface area contributed by atoms with Gasteiger partial charge in [-0.25, -0.2) is 9.78 Å². The highest BCUT2D eigenvalue weighted by Crippen LogP contribution is 2.47. The molecule has 2 atom stereocenters. The van der Waals surface area contributed by atoms with Gasteiger partial charge in [0.15, 0.2) is 5.82 Å². The fourth-order valence-electron chi connectivity index (χ4n) is 5.36. The third kappa shape index (κ3) is 2.80. The first-order chi connectivity index (χ1) is 12.2. The number of aromatic nitrogens is 1. The lowest BCUT2D eigenvalue weighted by Gasteiger charge is -2.57. The maximum absolute atomic E-state index is 12.3. The molecule has 4 fully saturated rings. The van der Waals surface area contributed by atoms with E-state index in [0.717, 1.165) is 42.3 Å². The van der Waals surface area contributed by atoms with E-state index in [1.807, 2.05) is 30.3 Å². The second-order valence-electron chi connectivity index (χ2n) is 7.59. The molecule has 4 heterocycles. The molecule has 3 saturated heterocycles. The van der Waals surface area contributed by atoms with Gasteiger partial charge in [-0.05, 0) is 36.2 Å². The monoisotopic (exact) mass is 391 g/mol. The Bertz CT molecular complexity index is 769. The Labute approximate surface area is 163 Å². The van der Waals surface area contributed by atoms with Gasteiger partial charge in [0.05, 0.1) is 10.4 Å². The van der Waals surface area contributed by atoms with Crippen LogP contribution >= 0.6 is 23.7 Å². The zero-order valence-electron chi connectivity index (χ0n) is 14.3. The summed E-state index contributed by atoms with van der Waals surface area (Å²) in [5, 5.41) is 10.1. The number of rotatable bonds is 3. The highest BCUT2D eigenvalue weighted by molar-refractivity contribution is 7.13. The standard InChI is InChI=1S/C19H21N3O2S.ClH/c23-19(24)22(16-14-6-12-7-15(16)10-21(8-12)9-14)18-17(25-11-20-18)13-4-2-1-3-5-13;/h1-5,11-12,14-16H,6-10H2,(H,23,24);1H. The number of carbonyl (C=O) groups is 1. The molecule has 1 aromatic carbocycles. The molecule has 138 valence electrons. The molecule has 4 aliphatic rings. The third-order valence-electron chi connectivity index (χ3n) is 6.06. The van der Waals surface area contributed by atoms with Crippen molar-refractivity contribution in [2.45, 2.75) is 18.9 Å². The van der Waals surface area contributed by atoms with Gasteiger partial charge in [-0.2, -0.15) is 0 Å². The topological polar surface area (TPSA) is 56.7 Å². The normalized spacial score (nSPS) is 31.5. The second-order valence-corrected chi connectivity index (χ2v) is 8.45. The maximum atomic E-state index is 12.3. The van der Waals surface area contributed by atoms with Crippen LogP contribution in [0, 0.1) is 17.8 Å². The van der Waals surface area contributed by atoms with Crippen LogP contribution in [0.3, 0.4) is 0 Å². The molecule has 2 unspecified atom stereocenters. The highest BCUT2D eigenvalue weighted by atomic mass is 35.5. The van der Waals surface area contributed by atoms with Crippen LogP contribution < -0.4 is 4.90 Å². The van der Waals surface area contributed by atoms with E-state index in [0.29, 0.717) is 17.7 Å². The van der Waals surface area contributed by atoms with Crippen LogP contribution in [-0.4, -0.2) is 46.8 Å². The molecule has 5 nitrogen and oxygen atoms in total. The smallest absolute Gasteiger partial charge is 0.413 e. The van der Waals surface area contributed by atoms with E-state index < -0.39 is 6.09 Å². The second kappa shape index (κ2) is 6.83. The first-order valence-corrected chi connectivity index (χ1v) is 9.82. The Morgan fingerprint density at radius 1 is 1.15 bits per heavy atom. The van der Waals surface area contributed by atoms with Crippen LogP contribution in [0.1, 0.15) is 12.8 Å². The summed E-state index contributed by atoms with van der Waals surface area (Å²) in [6.07, 6.45) is 1.45. The summed E-state index contributed by atoms with van der Waals surface area (Å²) in [6.45, 7) is 3.28. The summed E-state index contributed by atoms with van der Waals surface area (Å²) < 4.78 is 0. The molecule has 26 heavy (non-hydrogen) atoms.